The van der Waals surface area contributed by atoms with E-state index in [2.05, 4.69) is 4.98 Å². The Morgan fingerprint density at radius 2 is 1.67 bits per heavy atom. The summed E-state index contributed by atoms with van der Waals surface area (Å²) in [7, 11) is 0. The number of halogens is 3. The van der Waals surface area contributed by atoms with Gasteiger partial charge in [0.05, 0.1) is 65.0 Å². The predicted octanol–water partition coefficient (Wildman–Crippen LogP) is 3.10. The van der Waals surface area contributed by atoms with Crippen molar-refractivity contribution in [2.75, 3.05) is 70.9 Å². The minimum absolute atomic E-state index is 0.0101. The fourth-order valence-electron chi connectivity index (χ4n) is 4.57. The first kappa shape index (κ1) is 34.6. The van der Waals surface area contributed by atoms with E-state index in [-0.39, 0.29) is 88.3 Å². The second-order valence-electron chi connectivity index (χ2n) is 9.95. The number of H-pyrrole nitrogens is 1. The van der Waals surface area contributed by atoms with Crippen molar-refractivity contribution in [3.8, 4) is 11.3 Å². The summed E-state index contributed by atoms with van der Waals surface area (Å²) in [5.74, 6) is 0. The number of fused-ring (bicyclic) bond motifs is 1. The van der Waals surface area contributed by atoms with Crippen LogP contribution in [0.5, 0.6) is 0 Å². The second-order valence-corrected chi connectivity index (χ2v) is 9.95. The van der Waals surface area contributed by atoms with Crippen molar-refractivity contribution >= 4 is 28.7 Å². The molecule has 4 rings (SSSR count). The SMILES string of the molecule is O=C(OC[C@@H]1CN(c2ccc3cc(-c4ccccc4C(F)(F)F)[nH]c(=O)c3c2)C(=O)O1)OC(COCCO)COCCOCCO. The molecule has 2 heterocycles. The quantitative estimate of drug-likeness (QED) is 0.154. The highest BCUT2D eigenvalue weighted by molar-refractivity contribution is 5.94. The molecular weight excluding hydrogens is 621 g/mol. The van der Waals surface area contributed by atoms with Crippen LogP contribution in [0.2, 0.25) is 0 Å². The average Bonchev–Trinajstić information content (AvgIpc) is 3.41. The van der Waals surface area contributed by atoms with Crippen LogP contribution in [-0.4, -0.2) is 106 Å². The highest BCUT2D eigenvalue weighted by Gasteiger charge is 2.35. The number of pyridine rings is 1. The van der Waals surface area contributed by atoms with Gasteiger partial charge < -0.3 is 43.6 Å². The molecule has 250 valence electrons. The van der Waals surface area contributed by atoms with Crippen molar-refractivity contribution in [3.63, 3.8) is 0 Å². The van der Waals surface area contributed by atoms with Gasteiger partial charge in [0.25, 0.3) is 5.56 Å². The molecule has 0 spiro atoms. The molecule has 1 aromatic heterocycles. The van der Waals surface area contributed by atoms with Crippen LogP contribution >= 0.6 is 0 Å². The van der Waals surface area contributed by atoms with E-state index in [0.717, 1.165) is 6.07 Å². The molecular formula is C30H33F3N2O11. The fourth-order valence-corrected chi connectivity index (χ4v) is 4.57. The van der Waals surface area contributed by atoms with E-state index >= 15 is 0 Å². The minimum atomic E-state index is -4.62. The van der Waals surface area contributed by atoms with Crippen LogP contribution in [0.25, 0.3) is 22.0 Å². The Morgan fingerprint density at radius 3 is 2.41 bits per heavy atom. The Hall–Kier alpha value is -4.22. The molecule has 16 heteroatoms. The van der Waals surface area contributed by atoms with E-state index in [4.69, 9.17) is 38.6 Å². The molecule has 1 amide bonds. The zero-order valence-electron chi connectivity index (χ0n) is 24.5. The molecule has 0 radical (unpaired) electrons. The predicted molar refractivity (Wildman–Crippen MR) is 155 cm³/mol. The van der Waals surface area contributed by atoms with Gasteiger partial charge in [-0.25, -0.2) is 9.59 Å². The van der Waals surface area contributed by atoms with Gasteiger partial charge in [0, 0.05) is 22.3 Å². The van der Waals surface area contributed by atoms with Crippen molar-refractivity contribution < 1.29 is 61.4 Å². The molecule has 0 aliphatic carbocycles. The van der Waals surface area contributed by atoms with Crippen molar-refractivity contribution in [3.05, 3.63) is 64.4 Å². The lowest BCUT2D eigenvalue weighted by Gasteiger charge is -2.18. The highest BCUT2D eigenvalue weighted by Crippen LogP contribution is 2.36. The number of benzene rings is 2. The van der Waals surface area contributed by atoms with Crippen LogP contribution in [0.1, 0.15) is 5.56 Å². The normalized spacial score (nSPS) is 15.6. The van der Waals surface area contributed by atoms with Crippen molar-refractivity contribution in [1.29, 1.82) is 0 Å². The maximum atomic E-state index is 13.5. The van der Waals surface area contributed by atoms with Gasteiger partial charge >= 0.3 is 18.4 Å². The molecule has 0 bridgehead atoms. The Kier molecular flexibility index (Phi) is 12.3. The van der Waals surface area contributed by atoms with Gasteiger partial charge in [0.15, 0.2) is 12.2 Å². The summed E-state index contributed by atoms with van der Waals surface area (Å²) in [6.45, 7) is -0.361. The zero-order chi connectivity index (χ0) is 33.1. The number of aromatic nitrogens is 1. The third kappa shape index (κ3) is 9.40. The van der Waals surface area contributed by atoms with E-state index in [0.29, 0.717) is 5.39 Å². The molecule has 1 saturated heterocycles. The number of nitrogens with one attached hydrogen (secondary N) is 1. The van der Waals surface area contributed by atoms with E-state index in [1.54, 1.807) is 0 Å². The number of hydrogen-bond donors (Lipinski definition) is 3. The number of hydrogen-bond acceptors (Lipinski definition) is 11. The third-order valence-electron chi connectivity index (χ3n) is 6.64. The van der Waals surface area contributed by atoms with E-state index < -0.39 is 41.8 Å². The van der Waals surface area contributed by atoms with Crippen LogP contribution in [0.3, 0.4) is 0 Å². The molecule has 13 nitrogen and oxygen atoms in total. The number of carbonyl (C=O) groups is 2. The number of nitrogens with zero attached hydrogens (tertiary/aromatic N) is 1. The number of ether oxygens (including phenoxy) is 6. The second kappa shape index (κ2) is 16.4. The van der Waals surface area contributed by atoms with E-state index in [9.17, 15) is 27.6 Å². The maximum absolute atomic E-state index is 13.5. The van der Waals surface area contributed by atoms with Gasteiger partial charge in [-0.1, -0.05) is 24.3 Å². The van der Waals surface area contributed by atoms with Crippen molar-refractivity contribution in [2.24, 2.45) is 0 Å². The van der Waals surface area contributed by atoms with Crippen LogP contribution in [-0.2, 0) is 34.6 Å². The van der Waals surface area contributed by atoms with Crippen LogP contribution in [0.15, 0.2) is 53.3 Å². The lowest BCUT2D eigenvalue weighted by Crippen LogP contribution is -2.32. The Morgan fingerprint density at radius 1 is 0.978 bits per heavy atom. The number of carbonyl (C=O) groups excluding carboxylic acids is 2. The summed E-state index contributed by atoms with van der Waals surface area (Å²) in [4.78, 5) is 41.6. The number of amides is 1. The first-order chi connectivity index (χ1) is 22.1. The van der Waals surface area contributed by atoms with Crippen molar-refractivity contribution in [1.82, 2.24) is 4.98 Å². The van der Waals surface area contributed by atoms with Crippen LogP contribution < -0.4 is 10.5 Å². The zero-order valence-corrected chi connectivity index (χ0v) is 24.5. The molecule has 0 saturated carbocycles. The van der Waals surface area contributed by atoms with Crippen LogP contribution in [0, 0.1) is 0 Å². The average molecular weight is 655 g/mol. The molecule has 3 aromatic rings. The highest BCUT2D eigenvalue weighted by atomic mass is 19.4. The van der Waals surface area contributed by atoms with E-state index in [1.165, 1.54) is 47.4 Å². The number of aliphatic hydroxyl groups is 2. The first-order valence-corrected chi connectivity index (χ1v) is 14.2. The Balaban J connectivity index is 1.36. The molecule has 1 unspecified atom stereocenters. The standard InChI is InChI=1S/C30H33F3N2O11/c31-30(32,33)25-4-2-1-3-23(25)26-13-19-5-6-20(14-24(19)27(38)34-26)35-15-21(45-28(35)39)18-44-29(40)46-22(16-42-10-8-37)17-43-12-11-41-9-7-36/h1-6,13-14,21-22,36-37H,7-12,15-18H2,(H,34,38)/t21-,22?/m0/s1. The van der Waals surface area contributed by atoms with Gasteiger partial charge in [0.1, 0.15) is 6.61 Å². The molecule has 1 fully saturated rings. The van der Waals surface area contributed by atoms with Crippen LogP contribution in [0.4, 0.5) is 28.4 Å². The monoisotopic (exact) mass is 654 g/mol. The molecule has 2 aromatic carbocycles. The largest absolute Gasteiger partial charge is 0.508 e. The number of aromatic amines is 1. The number of anilines is 1. The lowest BCUT2D eigenvalue weighted by molar-refractivity contribution is -0.137. The van der Waals surface area contributed by atoms with Gasteiger partial charge in [0.2, 0.25) is 0 Å². The first-order valence-electron chi connectivity index (χ1n) is 14.2. The molecule has 3 N–H and O–H groups in total. The summed E-state index contributed by atoms with van der Waals surface area (Å²) >= 11 is 0. The molecule has 1 aliphatic heterocycles. The van der Waals surface area contributed by atoms with Gasteiger partial charge in [-0.15, -0.1) is 0 Å². The molecule has 46 heavy (non-hydrogen) atoms. The summed E-state index contributed by atoms with van der Waals surface area (Å²) < 4.78 is 71.9. The van der Waals surface area contributed by atoms with Gasteiger partial charge in [-0.2, -0.15) is 13.2 Å². The third-order valence-corrected chi connectivity index (χ3v) is 6.64. The topological polar surface area (TPSA) is 166 Å². The summed E-state index contributed by atoms with van der Waals surface area (Å²) in [6.07, 6.45) is -8.22. The molecule has 1 aliphatic rings. The smallest absolute Gasteiger partial charge is 0.440 e. The Labute approximate surface area is 260 Å². The molecule has 2 atom stereocenters. The summed E-state index contributed by atoms with van der Waals surface area (Å²) in [5.41, 5.74) is -1.44. The number of aliphatic hydroxyl groups excluding tert-OH is 2. The van der Waals surface area contributed by atoms with Gasteiger partial charge in [-0.3, -0.25) is 9.69 Å². The fraction of sp³-hybridized carbons (Fsp3) is 0.433. The maximum Gasteiger partial charge on any atom is 0.508 e. The number of alkyl halides is 3. The lowest BCUT2D eigenvalue weighted by atomic mass is 10.0. The van der Waals surface area contributed by atoms with Crippen molar-refractivity contribution in [2.45, 2.75) is 18.4 Å². The summed E-state index contributed by atoms with van der Waals surface area (Å²) in [5, 5.41) is 18.1. The van der Waals surface area contributed by atoms with Gasteiger partial charge in [-0.05, 0) is 29.7 Å². The number of cyclic esters (lactones) is 1. The minimum Gasteiger partial charge on any atom is -0.440 e. The Bertz CT molecular complexity index is 1530. The number of rotatable bonds is 16. The summed E-state index contributed by atoms with van der Waals surface area (Å²) in [6, 6.07) is 10.8. The van der Waals surface area contributed by atoms with E-state index in [1.807, 2.05) is 0 Å².